The first-order valence-electron chi connectivity index (χ1n) is 0.678. The molecule has 0 saturated carbocycles. The summed E-state index contributed by atoms with van der Waals surface area (Å²) in [6, 6.07) is 0. The molecule has 70 valence electrons. The number of carbonyl (C=O) groups is 1. The first-order valence-corrected chi connectivity index (χ1v) is 0.678. The Balaban J connectivity index is -0.00000000300. The molecule has 0 saturated heterocycles. The third kappa shape index (κ3) is 1830. The van der Waals surface area contributed by atoms with Gasteiger partial charge in [-0.25, -0.2) is 0 Å². The van der Waals surface area contributed by atoms with Crippen LogP contribution < -0.4 is 0 Å². The van der Waals surface area contributed by atoms with E-state index in [1.54, 1.807) is 0 Å². The van der Waals surface area contributed by atoms with Gasteiger partial charge < -0.3 is 41.0 Å². The summed E-state index contributed by atoms with van der Waals surface area (Å²) < 4.78 is 0. The van der Waals surface area contributed by atoms with Crippen LogP contribution in [0.1, 0.15) is 0 Å². The van der Waals surface area contributed by atoms with Crippen molar-refractivity contribution in [3.8, 4) is 0 Å². The molecule has 0 aliphatic carbocycles. The van der Waals surface area contributed by atoms with E-state index in [0.717, 1.165) is 0 Å². The van der Waals surface area contributed by atoms with E-state index in [4.69, 9.17) is 15.0 Å². The maximum Gasteiger partial charge on any atom is 3.00 e. The van der Waals surface area contributed by atoms with Crippen LogP contribution in [0.5, 0.6) is 0 Å². The van der Waals surface area contributed by atoms with Gasteiger partial charge >= 0.3 is 22.9 Å². The zero-order valence-corrected chi connectivity index (χ0v) is 6.12. The molecule has 13 N–H and O–H groups in total. The number of hydrogen-bond donors (Lipinski definition) is 1. The predicted octanol–water partition coefficient (Wildman–Crippen LogP) is 2.97. The Bertz CT molecular complexity index is 39.9. The molecule has 0 atom stereocenters. The van der Waals surface area contributed by atoms with Crippen LogP contribution in [-0.4, -0.2) is 16.4 Å². The van der Waals surface area contributed by atoms with Gasteiger partial charge in [-0.2, -0.15) is 0 Å². The van der Waals surface area contributed by atoms with Gasteiger partial charge in [-0.05, 0) is 0 Å². The average Bonchev–Trinajstić information content (AvgIpc) is 0.811. The smallest absolute Gasteiger partial charge is 0.693 e. The van der Waals surface area contributed by atoms with E-state index in [-0.39, 0.29) is 47.5 Å². The quantitative estimate of drug-likeness (QED) is 0.583. The van der Waals surface area contributed by atoms with Crippen molar-refractivity contribution in [2.75, 3.05) is 0 Å². The molecule has 10 heavy (non-hydrogen) atoms. The van der Waals surface area contributed by atoms with E-state index in [2.05, 4.69) is 0 Å². The minimum absolute atomic E-state index is 0. The van der Waals surface area contributed by atoms with Crippen LogP contribution in [0.25, 0.3) is 30.8 Å². The summed E-state index contributed by atoms with van der Waals surface area (Å²) in [5, 5.41) is 12.6. The molecule has 0 amide bonds. The van der Waals surface area contributed by atoms with E-state index >= 15 is 0 Å². The molecule has 0 fully saturated rings. The summed E-state index contributed by atoms with van der Waals surface area (Å²) in [6.45, 7) is 0. The average molecular weight is 202 g/mol. The third-order valence-electron chi connectivity index (χ3n) is 0. The van der Waals surface area contributed by atoms with Gasteiger partial charge in [-0.15, -0.1) is 0 Å². The molecule has 0 unspecified atom stereocenters. The number of nitrogens with two attached hydrogens (primary N) is 5. The summed E-state index contributed by atoms with van der Waals surface area (Å²) in [7, 11) is 0. The van der Waals surface area contributed by atoms with Crippen molar-refractivity contribution in [3.05, 3.63) is 30.8 Å². The van der Waals surface area contributed by atoms with Gasteiger partial charge in [0, 0.05) is 4.79 Å². The third-order valence-corrected chi connectivity index (χ3v) is 0. The molecule has 0 rings (SSSR count). The van der Waals surface area contributed by atoms with Crippen LogP contribution in [0, 0.1) is 0 Å². The summed E-state index contributed by atoms with van der Waals surface area (Å²) in [5.74, 6) is 0. The summed E-state index contributed by atoms with van der Waals surface area (Å²) >= 11 is 0. The van der Waals surface area contributed by atoms with Gasteiger partial charge in [0.1, 0.15) is 0 Å². The molecular weight excluding hydrogens is 189 g/mol. The maximum absolute atomic E-state index is 8.67. The number of rotatable bonds is 0. The Labute approximate surface area is 69.5 Å². The Morgan fingerprint density at radius 1 is 1.00 bits per heavy atom. The van der Waals surface area contributed by atoms with Crippen LogP contribution in [-0.2, 0) is 16.8 Å². The normalized spacial score (nSPS) is 2.40. The van der Waals surface area contributed by atoms with E-state index in [0.29, 0.717) is 0 Å². The fraction of sp³-hybridized carbons (Fsp3) is 0. The van der Waals surface area contributed by atoms with Gasteiger partial charge in [-0.3, -0.25) is 0 Å². The van der Waals surface area contributed by atoms with Crippen molar-refractivity contribution in [1.29, 1.82) is 0 Å². The molecule has 0 aromatic heterocycles. The molecule has 0 aromatic rings. The molecule has 8 nitrogen and oxygen atoms in total. The fourth-order valence-electron chi connectivity index (χ4n) is 0. The van der Waals surface area contributed by atoms with E-state index in [1.165, 1.54) is 0 Å². The van der Waals surface area contributed by atoms with Crippen LogP contribution in [0.4, 0.5) is 4.79 Å². The standard InChI is InChI=1S/CH2O3.Co.5H2N/c2-1(3)4;;;;;;/h(H2,2,3,4);;5*1H2/q;+3;5*-1/p+1. The van der Waals surface area contributed by atoms with Gasteiger partial charge in [0.15, 0.2) is 0 Å². The van der Waals surface area contributed by atoms with Crippen molar-refractivity contribution in [3.63, 3.8) is 0 Å². The van der Waals surface area contributed by atoms with Gasteiger partial charge in [0.2, 0.25) is 0 Å². The molecule has 0 spiro atoms. The summed E-state index contributed by atoms with van der Waals surface area (Å²) in [5.41, 5.74) is 0. The van der Waals surface area contributed by atoms with E-state index in [9.17, 15) is 0 Å². The SMILES string of the molecule is O=C(O)[OH2+].[Co+3].[NH2-].[NH2-].[NH2-].[NH2-].[NH2-]. The Hall–Kier alpha value is -0.424. The number of hydrogen-bond acceptors (Lipinski definition) is 1. The second-order valence-corrected chi connectivity index (χ2v) is 0.305. The second-order valence-electron chi connectivity index (χ2n) is 0.305. The van der Waals surface area contributed by atoms with Crippen LogP contribution in [0.2, 0.25) is 0 Å². The van der Waals surface area contributed by atoms with Crippen molar-refractivity contribution < 1.29 is 31.8 Å². The van der Waals surface area contributed by atoms with Crippen LogP contribution >= 0.6 is 0 Å². The first kappa shape index (κ1) is 106. The van der Waals surface area contributed by atoms with Gasteiger partial charge in [0.05, 0.1) is 0 Å². The fourth-order valence-corrected chi connectivity index (χ4v) is 0. The molecular formula is CH13CoN5O3-. The van der Waals surface area contributed by atoms with Crippen molar-refractivity contribution in [1.82, 2.24) is 0 Å². The van der Waals surface area contributed by atoms with Crippen molar-refractivity contribution in [2.45, 2.75) is 0 Å². The Morgan fingerprint density at radius 2 is 1.00 bits per heavy atom. The monoisotopic (exact) mass is 202 g/mol. The molecule has 0 aliphatic rings. The van der Waals surface area contributed by atoms with Crippen LogP contribution in [0.3, 0.4) is 0 Å². The Morgan fingerprint density at radius 3 is 1.00 bits per heavy atom. The van der Waals surface area contributed by atoms with E-state index in [1.807, 2.05) is 0 Å². The first-order chi connectivity index (χ1) is 1.73. The minimum Gasteiger partial charge on any atom is -0.693 e. The van der Waals surface area contributed by atoms with Crippen LogP contribution in [0.15, 0.2) is 0 Å². The zero-order valence-electron chi connectivity index (χ0n) is 5.08. The van der Waals surface area contributed by atoms with E-state index < -0.39 is 6.16 Å². The molecule has 9 heteroatoms. The van der Waals surface area contributed by atoms with Crippen molar-refractivity contribution in [2.24, 2.45) is 0 Å². The van der Waals surface area contributed by atoms with Crippen molar-refractivity contribution >= 4 is 6.16 Å². The molecule has 0 heterocycles. The van der Waals surface area contributed by atoms with Gasteiger partial charge in [0.25, 0.3) is 0 Å². The molecule has 0 radical (unpaired) electrons. The second kappa shape index (κ2) is 74.2. The summed E-state index contributed by atoms with van der Waals surface area (Å²) in [6.07, 6.45) is -1.58. The molecule has 0 aliphatic heterocycles. The largest absolute Gasteiger partial charge is 3.00 e. The Kier molecular flexibility index (Phi) is 787. The topological polar surface area (TPSA) is 228 Å². The predicted molar refractivity (Wildman–Crippen MR) is 38.1 cm³/mol. The molecule has 0 aromatic carbocycles. The molecule has 0 bridgehead atoms. The minimum atomic E-state index is -1.58. The zero-order chi connectivity index (χ0) is 3.58. The number of carboxylic acid groups (broad SMARTS) is 1. The maximum atomic E-state index is 8.67. The van der Waals surface area contributed by atoms with Gasteiger partial charge in [-0.1, -0.05) is 0 Å². The summed E-state index contributed by atoms with van der Waals surface area (Å²) in [4.78, 5) is 8.67.